The third kappa shape index (κ3) is 7.86. The van der Waals surface area contributed by atoms with E-state index in [1.165, 1.54) is 31.3 Å². The summed E-state index contributed by atoms with van der Waals surface area (Å²) in [5, 5.41) is 5.04. The summed E-state index contributed by atoms with van der Waals surface area (Å²) in [6.45, 7) is 5.18. The molecule has 9 nitrogen and oxygen atoms in total. The van der Waals surface area contributed by atoms with Crippen molar-refractivity contribution in [1.29, 1.82) is 0 Å². The Morgan fingerprint density at radius 1 is 1.20 bits per heavy atom. The van der Waals surface area contributed by atoms with Crippen LogP contribution in [0.1, 0.15) is 32.3 Å². The minimum atomic E-state index is -4.37. The fraction of sp³-hybridized carbons (Fsp3) is 0.467. The molecule has 0 bridgehead atoms. The Hall–Kier alpha value is -2.33. The summed E-state index contributed by atoms with van der Waals surface area (Å²) in [5.74, 6) is -1.02. The van der Waals surface area contributed by atoms with E-state index in [-0.39, 0.29) is 18.1 Å². The van der Waals surface area contributed by atoms with Crippen molar-refractivity contribution < 1.29 is 27.3 Å². The summed E-state index contributed by atoms with van der Waals surface area (Å²) in [7, 11) is -2.90. The summed E-state index contributed by atoms with van der Waals surface area (Å²) >= 11 is 0. The summed E-state index contributed by atoms with van der Waals surface area (Å²) in [6, 6.07) is 5.83. The van der Waals surface area contributed by atoms with Crippen LogP contribution in [0.4, 0.5) is 10.5 Å². The van der Waals surface area contributed by atoms with Gasteiger partial charge in [-0.25, -0.2) is 4.79 Å². The first kappa shape index (κ1) is 20.7. The van der Waals surface area contributed by atoms with Crippen molar-refractivity contribution in [2.75, 3.05) is 18.3 Å². The molecule has 0 heterocycles. The normalized spacial score (nSPS) is 12.8. The van der Waals surface area contributed by atoms with Crippen LogP contribution in [0.2, 0.25) is 0 Å². The largest absolute Gasteiger partial charge is 0.444 e. The number of nitrogens with one attached hydrogen (secondary N) is 3. The zero-order chi connectivity index (χ0) is 19.3. The predicted molar refractivity (Wildman–Crippen MR) is 92.7 cm³/mol. The maximum absolute atomic E-state index is 12.1. The number of carbonyl (C=O) groups is 2. The van der Waals surface area contributed by atoms with Gasteiger partial charge in [-0.05, 0) is 38.5 Å². The lowest BCUT2D eigenvalue weighted by molar-refractivity contribution is -0.121. The van der Waals surface area contributed by atoms with E-state index in [0.29, 0.717) is 5.56 Å². The molecule has 0 fully saturated rings. The third-order valence-electron chi connectivity index (χ3n) is 2.97. The number of likely N-dealkylation sites (N-methyl/N-ethyl adjacent to an activating group) is 1. The Morgan fingerprint density at radius 2 is 1.76 bits per heavy atom. The van der Waals surface area contributed by atoms with Gasteiger partial charge in [-0.3, -0.25) is 14.1 Å². The van der Waals surface area contributed by atoms with Gasteiger partial charge in [-0.15, -0.1) is 0 Å². The molecule has 1 aromatic rings. The SMILES string of the molecule is CNC(=O)[C@H](CNC(=O)OC(C)(C)C)c1ccc(NS(=O)(=O)O)cc1. The van der Waals surface area contributed by atoms with Crippen molar-refractivity contribution in [1.82, 2.24) is 10.6 Å². The topological polar surface area (TPSA) is 134 Å². The number of anilines is 1. The lowest BCUT2D eigenvalue weighted by Gasteiger charge is -2.21. The molecule has 1 rings (SSSR count). The number of hydrogen-bond donors (Lipinski definition) is 4. The Morgan fingerprint density at radius 3 is 2.20 bits per heavy atom. The number of ether oxygens (including phenoxy) is 1. The molecule has 0 saturated heterocycles. The lowest BCUT2D eigenvalue weighted by atomic mass is 9.98. The molecule has 0 aromatic heterocycles. The molecule has 0 aliphatic rings. The number of hydrogen-bond acceptors (Lipinski definition) is 5. The fourth-order valence-corrected chi connectivity index (χ4v) is 2.40. The highest BCUT2D eigenvalue weighted by Gasteiger charge is 2.22. The van der Waals surface area contributed by atoms with Crippen LogP contribution in [-0.4, -0.2) is 44.2 Å². The first-order valence-electron chi connectivity index (χ1n) is 7.45. The van der Waals surface area contributed by atoms with Crippen LogP contribution in [-0.2, 0) is 19.8 Å². The first-order valence-corrected chi connectivity index (χ1v) is 8.89. The van der Waals surface area contributed by atoms with Gasteiger partial charge >= 0.3 is 16.4 Å². The Bertz CT molecular complexity index is 710. The van der Waals surface area contributed by atoms with Gasteiger partial charge in [0, 0.05) is 13.6 Å². The van der Waals surface area contributed by atoms with Crippen molar-refractivity contribution in [3.8, 4) is 0 Å². The molecule has 25 heavy (non-hydrogen) atoms. The van der Waals surface area contributed by atoms with Crippen LogP contribution in [0.5, 0.6) is 0 Å². The van der Waals surface area contributed by atoms with Crippen LogP contribution < -0.4 is 15.4 Å². The van der Waals surface area contributed by atoms with Gasteiger partial charge in [0.25, 0.3) is 0 Å². The molecule has 0 radical (unpaired) electrons. The summed E-state index contributed by atoms with van der Waals surface area (Å²) in [6.07, 6.45) is -0.647. The number of rotatable bonds is 6. The van der Waals surface area contributed by atoms with E-state index in [9.17, 15) is 18.0 Å². The zero-order valence-electron chi connectivity index (χ0n) is 14.5. The van der Waals surface area contributed by atoms with Crippen LogP contribution in [0.15, 0.2) is 24.3 Å². The molecular weight excluding hydrogens is 350 g/mol. The molecule has 140 valence electrons. The second-order valence-electron chi connectivity index (χ2n) is 6.25. The zero-order valence-corrected chi connectivity index (χ0v) is 15.3. The van der Waals surface area contributed by atoms with Crippen molar-refractivity contribution >= 4 is 28.0 Å². The van der Waals surface area contributed by atoms with Crippen LogP contribution in [0.3, 0.4) is 0 Å². The maximum atomic E-state index is 12.1. The molecular formula is C15H23N3O6S. The van der Waals surface area contributed by atoms with Gasteiger partial charge < -0.3 is 15.4 Å². The van der Waals surface area contributed by atoms with Gasteiger partial charge in [-0.2, -0.15) is 8.42 Å². The standard InChI is InChI=1S/C15H23N3O6S/c1-15(2,3)24-14(20)17-9-12(13(19)16-4)10-5-7-11(8-6-10)18-25(21,22)23/h5-8,12,18H,9H2,1-4H3,(H,16,19)(H,17,20)(H,21,22,23)/t12-/m1/s1. The van der Waals surface area contributed by atoms with E-state index in [4.69, 9.17) is 9.29 Å². The monoisotopic (exact) mass is 373 g/mol. The van der Waals surface area contributed by atoms with Crippen molar-refractivity contribution in [3.05, 3.63) is 29.8 Å². The summed E-state index contributed by atoms with van der Waals surface area (Å²) in [4.78, 5) is 23.8. The molecule has 0 aliphatic carbocycles. The Kier molecular flexibility index (Phi) is 6.77. The molecule has 0 aliphatic heterocycles. The van der Waals surface area contributed by atoms with Gasteiger partial charge in [0.2, 0.25) is 5.91 Å². The molecule has 0 saturated carbocycles. The van der Waals surface area contributed by atoms with Crippen molar-refractivity contribution in [3.63, 3.8) is 0 Å². The highest BCUT2D eigenvalue weighted by atomic mass is 32.2. The van der Waals surface area contributed by atoms with E-state index >= 15 is 0 Å². The second kappa shape index (κ2) is 8.17. The van der Waals surface area contributed by atoms with Gasteiger partial charge in [0.05, 0.1) is 11.6 Å². The van der Waals surface area contributed by atoms with Crippen LogP contribution in [0, 0.1) is 0 Å². The molecule has 1 atom stereocenters. The van der Waals surface area contributed by atoms with Gasteiger partial charge in [0.15, 0.2) is 0 Å². The summed E-state index contributed by atoms with van der Waals surface area (Å²) < 4.78 is 37.3. The number of amides is 2. The van der Waals surface area contributed by atoms with E-state index in [1.54, 1.807) is 20.8 Å². The van der Waals surface area contributed by atoms with E-state index in [2.05, 4.69) is 10.6 Å². The van der Waals surface area contributed by atoms with E-state index in [0.717, 1.165) is 0 Å². The smallest absolute Gasteiger partial charge is 0.407 e. The molecule has 0 spiro atoms. The molecule has 4 N–H and O–H groups in total. The number of carbonyl (C=O) groups excluding carboxylic acids is 2. The van der Waals surface area contributed by atoms with E-state index in [1.807, 2.05) is 4.72 Å². The quantitative estimate of drug-likeness (QED) is 0.555. The fourth-order valence-electron chi connectivity index (χ4n) is 1.97. The highest BCUT2D eigenvalue weighted by Crippen LogP contribution is 2.19. The lowest BCUT2D eigenvalue weighted by Crippen LogP contribution is -2.38. The maximum Gasteiger partial charge on any atom is 0.407 e. The average Bonchev–Trinajstić information content (AvgIpc) is 2.45. The number of benzene rings is 1. The van der Waals surface area contributed by atoms with Crippen molar-refractivity contribution in [2.45, 2.75) is 32.3 Å². The van der Waals surface area contributed by atoms with Gasteiger partial charge in [0.1, 0.15) is 5.60 Å². The molecule has 1 aromatic carbocycles. The Balaban J connectivity index is 2.85. The number of alkyl carbamates (subject to hydrolysis) is 1. The Labute approximate surface area is 147 Å². The average molecular weight is 373 g/mol. The van der Waals surface area contributed by atoms with E-state index < -0.39 is 27.9 Å². The molecule has 0 unspecified atom stereocenters. The van der Waals surface area contributed by atoms with Gasteiger partial charge in [-0.1, -0.05) is 12.1 Å². The highest BCUT2D eigenvalue weighted by molar-refractivity contribution is 7.87. The molecule has 2 amide bonds. The minimum Gasteiger partial charge on any atom is -0.444 e. The summed E-state index contributed by atoms with van der Waals surface area (Å²) in [5.41, 5.74) is 0.0358. The van der Waals surface area contributed by atoms with Crippen LogP contribution in [0.25, 0.3) is 0 Å². The minimum absolute atomic E-state index is 0.000337. The molecule has 10 heteroatoms. The third-order valence-corrected chi connectivity index (χ3v) is 3.47. The first-order chi connectivity index (χ1) is 11.4. The van der Waals surface area contributed by atoms with Crippen molar-refractivity contribution in [2.24, 2.45) is 0 Å². The van der Waals surface area contributed by atoms with Crippen LogP contribution >= 0.6 is 0 Å². The second-order valence-corrected chi connectivity index (χ2v) is 7.40. The predicted octanol–water partition coefficient (Wildman–Crippen LogP) is 1.26.